The summed E-state index contributed by atoms with van der Waals surface area (Å²) < 4.78 is 12.7. The van der Waals surface area contributed by atoms with Crippen LogP contribution >= 0.6 is 0 Å². The third-order valence-corrected chi connectivity index (χ3v) is 8.26. The zero-order valence-electron chi connectivity index (χ0n) is 18.0. The van der Waals surface area contributed by atoms with E-state index in [9.17, 15) is 4.79 Å². The average molecular weight is 403 g/mol. The van der Waals surface area contributed by atoms with Gasteiger partial charge in [-0.1, -0.05) is 24.8 Å². The van der Waals surface area contributed by atoms with Crippen LogP contribution < -0.4 is 4.90 Å². The van der Waals surface area contributed by atoms with Crippen LogP contribution in [0.4, 0.5) is 10.5 Å². The number of benzene rings is 1. The van der Waals surface area contributed by atoms with Crippen LogP contribution in [-0.2, 0) is 14.9 Å². The Bertz CT molecular complexity index is 1020. The van der Waals surface area contributed by atoms with Crippen molar-refractivity contribution in [3.8, 4) is 0 Å². The maximum absolute atomic E-state index is 13.6. The van der Waals surface area contributed by atoms with Crippen molar-refractivity contribution in [3.05, 3.63) is 47.7 Å². The van der Waals surface area contributed by atoms with Gasteiger partial charge in [-0.15, -0.1) is 5.73 Å². The number of carbonyl (C=O) groups excluding carboxylic acids is 1. The molecule has 1 aromatic rings. The van der Waals surface area contributed by atoms with E-state index in [0.29, 0.717) is 11.0 Å². The molecule has 3 saturated heterocycles. The molecule has 5 nitrogen and oxygen atoms in total. The highest BCUT2D eigenvalue weighted by atomic mass is 16.6. The molecule has 1 saturated carbocycles. The molecule has 0 aromatic heterocycles. The highest BCUT2D eigenvalue weighted by molar-refractivity contribution is 5.99. The Hall–Kier alpha value is -2.01. The van der Waals surface area contributed by atoms with Gasteiger partial charge in [-0.05, 0) is 32.4 Å². The SMILES string of the molecule is [B][N+]12CC[C@]34c5ccccc5N(C(=O)OC(C)(C)C)[C@@H]3[C@@]3(CO3)[C@@H](C[C@@H]41)C(=C=C)C2. The molecule has 2 radical (unpaired) electrons. The summed E-state index contributed by atoms with van der Waals surface area (Å²) >= 11 is 0. The maximum atomic E-state index is 13.6. The van der Waals surface area contributed by atoms with Crippen molar-refractivity contribution < 1.29 is 18.7 Å². The maximum Gasteiger partial charge on any atom is 0.481 e. The molecule has 6 rings (SSSR count). The number of nitrogens with zero attached hydrogens (tertiary/aromatic N) is 2. The molecule has 4 fully saturated rings. The van der Waals surface area contributed by atoms with Crippen molar-refractivity contribution >= 4 is 19.8 Å². The van der Waals surface area contributed by atoms with Gasteiger partial charge in [0.25, 0.3) is 0 Å². The molecule has 1 amide bonds. The first-order valence-electron chi connectivity index (χ1n) is 11.0. The van der Waals surface area contributed by atoms with Gasteiger partial charge in [-0.25, -0.2) is 4.79 Å². The van der Waals surface area contributed by atoms with Crippen LogP contribution in [0.3, 0.4) is 0 Å². The van der Waals surface area contributed by atoms with Crippen LogP contribution in [0.2, 0.25) is 0 Å². The molecule has 6 heteroatoms. The number of hydrogen-bond donors (Lipinski definition) is 0. The highest BCUT2D eigenvalue weighted by Gasteiger charge is 2.81. The molecule has 6 atom stereocenters. The fourth-order valence-electron chi connectivity index (χ4n) is 7.28. The van der Waals surface area contributed by atoms with E-state index in [1.165, 1.54) is 5.56 Å². The van der Waals surface area contributed by atoms with Gasteiger partial charge in [0.1, 0.15) is 11.2 Å². The average Bonchev–Trinajstić information content (AvgIpc) is 3.31. The summed E-state index contributed by atoms with van der Waals surface area (Å²) in [6.07, 6.45) is 1.61. The fraction of sp³-hybridized carbons (Fsp3) is 0.583. The van der Waals surface area contributed by atoms with Crippen molar-refractivity contribution in [2.75, 3.05) is 24.6 Å². The van der Waals surface area contributed by atoms with E-state index >= 15 is 0 Å². The number of piperidine rings is 1. The van der Waals surface area contributed by atoms with Gasteiger partial charge in [-0.3, -0.25) is 4.90 Å². The van der Waals surface area contributed by atoms with Gasteiger partial charge < -0.3 is 13.9 Å². The molecule has 4 heterocycles. The summed E-state index contributed by atoms with van der Waals surface area (Å²) in [6, 6.07) is 8.46. The normalized spacial score (nSPS) is 42.6. The topological polar surface area (TPSA) is 42.1 Å². The second-order valence-corrected chi connectivity index (χ2v) is 10.8. The largest absolute Gasteiger partial charge is 0.481 e. The second kappa shape index (κ2) is 5.42. The predicted octanol–water partition coefficient (Wildman–Crippen LogP) is 3.23. The molecule has 154 valence electrons. The number of amides is 1. The number of fused-ring (bicyclic) bond motifs is 4. The number of rotatable bonds is 0. The van der Waals surface area contributed by atoms with E-state index in [1.54, 1.807) is 0 Å². The molecule has 1 aromatic carbocycles. The second-order valence-electron chi connectivity index (χ2n) is 10.8. The molecular formula is C24H28BN2O3+. The minimum atomic E-state index is -0.570. The van der Waals surface area contributed by atoms with Gasteiger partial charge in [0.05, 0.1) is 42.9 Å². The summed E-state index contributed by atoms with van der Waals surface area (Å²) in [5.74, 6) is 0.199. The molecular weight excluding hydrogens is 375 g/mol. The number of carbonyl (C=O) groups is 1. The number of para-hydroxylation sites is 1. The van der Waals surface area contributed by atoms with E-state index in [2.05, 4.69) is 30.5 Å². The Morgan fingerprint density at radius 2 is 2.13 bits per heavy atom. The molecule has 30 heavy (non-hydrogen) atoms. The van der Waals surface area contributed by atoms with Crippen LogP contribution in [0.5, 0.6) is 0 Å². The van der Waals surface area contributed by atoms with Crippen molar-refractivity contribution in [1.29, 1.82) is 0 Å². The summed E-state index contributed by atoms with van der Waals surface area (Å²) in [5, 5.41) is 0. The first kappa shape index (κ1) is 18.7. The fourth-order valence-corrected chi connectivity index (χ4v) is 7.28. The van der Waals surface area contributed by atoms with Gasteiger partial charge in [0.15, 0.2) is 0 Å². The van der Waals surface area contributed by atoms with Crippen molar-refractivity contribution in [3.63, 3.8) is 0 Å². The Morgan fingerprint density at radius 3 is 2.80 bits per heavy atom. The van der Waals surface area contributed by atoms with E-state index in [1.807, 2.05) is 31.7 Å². The monoisotopic (exact) mass is 403 g/mol. The lowest BCUT2D eigenvalue weighted by Gasteiger charge is -2.57. The lowest BCUT2D eigenvalue weighted by atomic mass is 9.54. The first-order valence-corrected chi connectivity index (χ1v) is 11.0. The Balaban J connectivity index is 1.59. The molecule has 1 aliphatic carbocycles. The minimum Gasteiger partial charge on any atom is -0.443 e. The van der Waals surface area contributed by atoms with Crippen molar-refractivity contribution in [2.45, 2.75) is 62.3 Å². The Kier molecular flexibility index (Phi) is 3.39. The molecule has 5 aliphatic rings. The minimum absolute atomic E-state index is 0.117. The van der Waals surface area contributed by atoms with Crippen molar-refractivity contribution in [1.82, 2.24) is 0 Å². The number of quaternary nitrogens is 1. The molecule has 1 unspecified atom stereocenters. The van der Waals surface area contributed by atoms with Crippen LogP contribution in [-0.4, -0.2) is 61.5 Å². The third-order valence-electron chi connectivity index (χ3n) is 8.26. The van der Waals surface area contributed by atoms with E-state index in [-0.39, 0.29) is 29.5 Å². The number of hydrogen-bond acceptors (Lipinski definition) is 3. The van der Waals surface area contributed by atoms with E-state index in [4.69, 9.17) is 17.5 Å². The zero-order valence-corrected chi connectivity index (χ0v) is 18.0. The lowest BCUT2D eigenvalue weighted by molar-refractivity contribution is -0.835. The standard InChI is InChI=1S/C24H28BN2O3/c1-5-15-13-27(25)11-10-23-16-8-6-7-9-18(16)26(21(28)30-22(2,3)4)20(23)24(14-29-24)17(15)12-19(23)27/h6-9,17,19-20H,1,10-14H2,2-4H3/q+1/t17-,19-,20-,23+,24+,27?/m0/s1. The third kappa shape index (κ3) is 2.05. The number of epoxide rings is 1. The Labute approximate surface area is 179 Å². The number of anilines is 1. The number of ether oxygens (including phenoxy) is 2. The highest BCUT2D eigenvalue weighted by Crippen LogP contribution is 2.69. The molecule has 2 bridgehead atoms. The smallest absolute Gasteiger partial charge is 0.443 e. The predicted molar refractivity (Wildman–Crippen MR) is 114 cm³/mol. The van der Waals surface area contributed by atoms with Gasteiger partial charge in [-0.2, -0.15) is 0 Å². The summed E-state index contributed by atoms with van der Waals surface area (Å²) in [6.45, 7) is 12.0. The van der Waals surface area contributed by atoms with Crippen LogP contribution in [0, 0.1) is 5.92 Å². The summed E-state index contributed by atoms with van der Waals surface area (Å²) in [7, 11) is 7.03. The van der Waals surface area contributed by atoms with Crippen molar-refractivity contribution in [2.24, 2.45) is 5.92 Å². The first-order chi connectivity index (χ1) is 14.2. The lowest BCUT2D eigenvalue weighted by Crippen LogP contribution is -2.72. The van der Waals surface area contributed by atoms with Crippen LogP contribution in [0.15, 0.2) is 42.1 Å². The van der Waals surface area contributed by atoms with Gasteiger partial charge in [0, 0.05) is 24.3 Å². The van der Waals surface area contributed by atoms with Crippen LogP contribution in [0.25, 0.3) is 0 Å². The quantitative estimate of drug-likeness (QED) is 0.380. The molecule has 0 N–H and O–H groups in total. The summed E-state index contributed by atoms with van der Waals surface area (Å²) in [4.78, 5) is 15.5. The van der Waals surface area contributed by atoms with Gasteiger partial charge >= 0.3 is 14.1 Å². The molecule has 2 spiro atoms. The summed E-state index contributed by atoms with van der Waals surface area (Å²) in [5.41, 5.74) is 5.37. The van der Waals surface area contributed by atoms with Crippen LogP contribution in [0.1, 0.15) is 39.2 Å². The van der Waals surface area contributed by atoms with E-state index in [0.717, 1.165) is 37.2 Å². The van der Waals surface area contributed by atoms with Gasteiger partial charge in [0.2, 0.25) is 0 Å². The zero-order chi connectivity index (χ0) is 21.1. The molecule has 4 aliphatic heterocycles. The van der Waals surface area contributed by atoms with E-state index < -0.39 is 11.2 Å². The Morgan fingerprint density at radius 1 is 1.40 bits per heavy atom.